The van der Waals surface area contributed by atoms with Crippen molar-refractivity contribution in [1.82, 2.24) is 9.99 Å². The van der Waals surface area contributed by atoms with Crippen molar-refractivity contribution >= 4 is 51.0 Å². The molecule has 192 valence electrons. The van der Waals surface area contributed by atoms with Crippen molar-refractivity contribution in [1.29, 1.82) is 0 Å². The van der Waals surface area contributed by atoms with Crippen LogP contribution in [-0.2, 0) is 14.8 Å². The van der Waals surface area contributed by atoms with Crippen molar-refractivity contribution in [2.45, 2.75) is 13.8 Å². The second-order valence-electron chi connectivity index (χ2n) is 7.89. The zero-order valence-electron chi connectivity index (χ0n) is 20.4. The zero-order valence-corrected chi connectivity index (χ0v) is 22.7. The number of ether oxygens (including phenoxy) is 2. The van der Waals surface area contributed by atoms with Gasteiger partial charge in [0.05, 0.1) is 32.4 Å². The van der Waals surface area contributed by atoms with Gasteiger partial charge in [-0.25, -0.2) is 13.8 Å². The van der Waals surface area contributed by atoms with Crippen LogP contribution < -0.4 is 19.2 Å². The van der Waals surface area contributed by atoms with Crippen LogP contribution in [-0.4, -0.2) is 52.1 Å². The topological polar surface area (TPSA) is 102 Å². The fraction of sp³-hybridized carbons (Fsp3) is 0.250. The standard InChI is InChI=1S/C24H26Cl2N4O5S/c1-15-8-17(16(2)30(15)21-10-18(25)9-19(26)11-21)13-27-28-24(31)14-29(36(5,32)33)20-6-7-22(34-3)23(12-20)35-4/h6-13H,14H2,1-5H3,(H,28,31)/b27-13-. The maximum absolute atomic E-state index is 12.6. The molecule has 0 atom stereocenters. The first kappa shape index (κ1) is 27.4. The van der Waals surface area contributed by atoms with E-state index in [2.05, 4.69) is 10.5 Å². The lowest BCUT2D eigenvalue weighted by atomic mass is 10.2. The SMILES string of the molecule is COc1ccc(N(CC(=O)N/N=C\c2cc(C)n(-c3cc(Cl)cc(Cl)c3)c2C)S(C)(=O)=O)cc1OC. The van der Waals surface area contributed by atoms with Crippen LogP contribution in [0.25, 0.3) is 5.69 Å². The molecule has 9 nitrogen and oxygen atoms in total. The first-order valence-corrected chi connectivity index (χ1v) is 13.2. The number of aromatic nitrogens is 1. The van der Waals surface area contributed by atoms with Crippen LogP contribution in [0, 0.1) is 13.8 Å². The Morgan fingerprint density at radius 2 is 1.69 bits per heavy atom. The van der Waals surface area contributed by atoms with Gasteiger partial charge >= 0.3 is 0 Å². The van der Waals surface area contributed by atoms with Gasteiger partial charge in [-0.2, -0.15) is 5.10 Å². The molecule has 1 amide bonds. The molecule has 1 aromatic heterocycles. The molecule has 0 radical (unpaired) electrons. The molecule has 12 heteroatoms. The number of aryl methyl sites for hydroxylation is 1. The van der Waals surface area contributed by atoms with E-state index in [0.29, 0.717) is 21.5 Å². The summed E-state index contributed by atoms with van der Waals surface area (Å²) in [5.41, 5.74) is 5.95. The molecule has 3 aromatic rings. The zero-order chi connectivity index (χ0) is 26.6. The van der Waals surface area contributed by atoms with E-state index in [1.165, 1.54) is 32.6 Å². The Kier molecular flexibility index (Phi) is 8.55. The monoisotopic (exact) mass is 552 g/mol. The number of anilines is 1. The molecular weight excluding hydrogens is 527 g/mol. The summed E-state index contributed by atoms with van der Waals surface area (Å²) in [5.74, 6) is 0.140. The molecule has 0 aliphatic carbocycles. The van der Waals surface area contributed by atoms with Gasteiger partial charge in [-0.05, 0) is 50.2 Å². The number of amides is 1. The molecule has 0 aliphatic heterocycles. The average molecular weight is 553 g/mol. The minimum absolute atomic E-state index is 0.248. The molecule has 0 unspecified atom stereocenters. The highest BCUT2D eigenvalue weighted by molar-refractivity contribution is 7.92. The van der Waals surface area contributed by atoms with E-state index < -0.39 is 22.5 Å². The van der Waals surface area contributed by atoms with Crippen LogP contribution >= 0.6 is 23.2 Å². The Bertz CT molecular complexity index is 1400. The molecule has 36 heavy (non-hydrogen) atoms. The highest BCUT2D eigenvalue weighted by atomic mass is 35.5. The first-order valence-electron chi connectivity index (χ1n) is 10.6. The lowest BCUT2D eigenvalue weighted by molar-refractivity contribution is -0.119. The van der Waals surface area contributed by atoms with Crippen LogP contribution in [0.2, 0.25) is 10.0 Å². The van der Waals surface area contributed by atoms with Crippen molar-refractivity contribution in [3.63, 3.8) is 0 Å². The van der Waals surface area contributed by atoms with Gasteiger partial charge in [-0.15, -0.1) is 0 Å². The normalized spacial score (nSPS) is 11.5. The number of carbonyl (C=O) groups excluding carboxylic acids is 1. The van der Waals surface area contributed by atoms with E-state index in [-0.39, 0.29) is 5.69 Å². The van der Waals surface area contributed by atoms with Gasteiger partial charge in [-0.3, -0.25) is 9.10 Å². The van der Waals surface area contributed by atoms with Gasteiger partial charge in [0, 0.05) is 38.8 Å². The number of sulfonamides is 1. The van der Waals surface area contributed by atoms with Crippen LogP contribution in [0.15, 0.2) is 47.6 Å². The lowest BCUT2D eigenvalue weighted by Crippen LogP contribution is -2.39. The summed E-state index contributed by atoms with van der Waals surface area (Å²) in [4.78, 5) is 12.6. The molecular formula is C24H26Cl2N4O5S. The number of hydrogen-bond acceptors (Lipinski definition) is 6. The summed E-state index contributed by atoms with van der Waals surface area (Å²) < 4.78 is 38.1. The van der Waals surface area contributed by atoms with Gasteiger partial charge in [-0.1, -0.05) is 23.2 Å². The van der Waals surface area contributed by atoms with E-state index in [0.717, 1.165) is 33.2 Å². The highest BCUT2D eigenvalue weighted by Crippen LogP contribution is 2.32. The quantitative estimate of drug-likeness (QED) is 0.314. The smallest absolute Gasteiger partial charge is 0.260 e. The fourth-order valence-electron chi connectivity index (χ4n) is 3.70. The molecule has 3 rings (SSSR count). The van der Waals surface area contributed by atoms with Crippen molar-refractivity contribution in [3.05, 3.63) is 69.5 Å². The molecule has 1 heterocycles. The molecule has 0 saturated carbocycles. The van der Waals surface area contributed by atoms with E-state index in [9.17, 15) is 13.2 Å². The van der Waals surface area contributed by atoms with Gasteiger partial charge < -0.3 is 14.0 Å². The maximum Gasteiger partial charge on any atom is 0.260 e. The third-order valence-corrected chi connectivity index (χ3v) is 6.89. The molecule has 2 aromatic carbocycles. The molecule has 0 bridgehead atoms. The number of nitrogens with one attached hydrogen (secondary N) is 1. The van der Waals surface area contributed by atoms with Gasteiger partial charge in [0.25, 0.3) is 5.91 Å². The third-order valence-electron chi connectivity index (χ3n) is 5.31. The number of benzene rings is 2. The Morgan fingerprint density at radius 3 is 2.28 bits per heavy atom. The number of halogens is 2. The molecule has 1 N–H and O–H groups in total. The van der Waals surface area contributed by atoms with E-state index in [1.807, 2.05) is 24.5 Å². The third kappa shape index (κ3) is 6.31. The number of hydrazone groups is 1. The van der Waals surface area contributed by atoms with E-state index >= 15 is 0 Å². The van der Waals surface area contributed by atoms with Gasteiger partial charge in [0.2, 0.25) is 10.0 Å². The Balaban J connectivity index is 1.78. The summed E-state index contributed by atoms with van der Waals surface area (Å²) >= 11 is 12.3. The summed E-state index contributed by atoms with van der Waals surface area (Å²) in [6.07, 6.45) is 2.50. The van der Waals surface area contributed by atoms with Gasteiger partial charge in [0.1, 0.15) is 6.54 Å². The summed E-state index contributed by atoms with van der Waals surface area (Å²) in [7, 11) is -0.875. The highest BCUT2D eigenvalue weighted by Gasteiger charge is 2.22. The Morgan fingerprint density at radius 1 is 1.06 bits per heavy atom. The van der Waals surface area contributed by atoms with Crippen LogP contribution in [0.1, 0.15) is 17.0 Å². The second kappa shape index (κ2) is 11.2. The van der Waals surface area contributed by atoms with E-state index in [4.69, 9.17) is 32.7 Å². The van der Waals surface area contributed by atoms with Crippen LogP contribution in [0.4, 0.5) is 5.69 Å². The summed E-state index contributed by atoms with van der Waals surface area (Å²) in [5, 5.41) is 5.04. The molecule has 0 fully saturated rings. The fourth-order valence-corrected chi connectivity index (χ4v) is 5.07. The van der Waals surface area contributed by atoms with Crippen LogP contribution in [0.5, 0.6) is 11.5 Å². The van der Waals surface area contributed by atoms with E-state index in [1.54, 1.807) is 24.3 Å². The van der Waals surface area contributed by atoms with Gasteiger partial charge in [0.15, 0.2) is 11.5 Å². The number of hydrogen-bond donors (Lipinski definition) is 1. The number of rotatable bonds is 9. The Hall–Kier alpha value is -3.21. The maximum atomic E-state index is 12.6. The minimum atomic E-state index is -3.78. The van der Waals surface area contributed by atoms with Crippen molar-refractivity contribution in [3.8, 4) is 17.2 Å². The molecule has 0 saturated heterocycles. The average Bonchev–Trinajstić information content (AvgIpc) is 3.08. The lowest BCUT2D eigenvalue weighted by Gasteiger charge is -2.22. The van der Waals surface area contributed by atoms with Crippen molar-refractivity contribution in [2.75, 3.05) is 31.3 Å². The van der Waals surface area contributed by atoms with Crippen molar-refractivity contribution < 1.29 is 22.7 Å². The summed E-state index contributed by atoms with van der Waals surface area (Å²) in [6.45, 7) is 3.34. The van der Waals surface area contributed by atoms with Crippen LogP contribution in [0.3, 0.4) is 0 Å². The predicted molar refractivity (Wildman–Crippen MR) is 143 cm³/mol. The first-order chi connectivity index (χ1) is 16.9. The predicted octanol–water partition coefficient (Wildman–Crippen LogP) is 4.33. The number of methoxy groups -OCH3 is 2. The largest absolute Gasteiger partial charge is 0.493 e. The summed E-state index contributed by atoms with van der Waals surface area (Å²) in [6, 6.07) is 11.7. The van der Waals surface area contributed by atoms with Crippen molar-refractivity contribution in [2.24, 2.45) is 5.10 Å². The minimum Gasteiger partial charge on any atom is -0.493 e. The molecule has 0 aliphatic rings. The second-order valence-corrected chi connectivity index (χ2v) is 10.7. The Labute approximate surface area is 220 Å². The molecule has 0 spiro atoms. The number of nitrogens with zero attached hydrogens (tertiary/aromatic N) is 3. The number of carbonyl (C=O) groups is 1.